The topological polar surface area (TPSA) is 9.23 Å². The molecule has 0 N–H and O–H groups in total. The largest absolute Gasteiger partial charge is 0.493 e. The maximum atomic E-state index is 5.72. The first-order valence-electron chi connectivity index (χ1n) is 5.33. The summed E-state index contributed by atoms with van der Waals surface area (Å²) in [5, 5.41) is 0. The molecule has 14 heavy (non-hydrogen) atoms. The van der Waals surface area contributed by atoms with Crippen LogP contribution in [0.1, 0.15) is 30.9 Å². The molecule has 0 fully saturated rings. The lowest BCUT2D eigenvalue weighted by Gasteiger charge is -2.17. The minimum Gasteiger partial charge on any atom is -0.493 e. The van der Waals surface area contributed by atoms with Crippen molar-refractivity contribution >= 4 is 5.76 Å². The van der Waals surface area contributed by atoms with Crippen molar-refractivity contribution < 1.29 is 4.74 Å². The van der Waals surface area contributed by atoms with Gasteiger partial charge < -0.3 is 4.74 Å². The van der Waals surface area contributed by atoms with E-state index in [1.54, 1.807) is 0 Å². The lowest BCUT2D eigenvalue weighted by atomic mass is 9.96. The molecule has 0 unspecified atom stereocenters. The third-order valence-electron chi connectivity index (χ3n) is 2.49. The van der Waals surface area contributed by atoms with Gasteiger partial charge in [-0.1, -0.05) is 31.2 Å². The molecule has 0 radical (unpaired) electrons. The van der Waals surface area contributed by atoms with Gasteiger partial charge in [-0.25, -0.2) is 0 Å². The van der Waals surface area contributed by atoms with E-state index in [4.69, 9.17) is 4.74 Å². The fourth-order valence-electron chi connectivity index (χ4n) is 1.80. The smallest absolute Gasteiger partial charge is 0.122 e. The van der Waals surface area contributed by atoms with Gasteiger partial charge in [0.1, 0.15) is 5.76 Å². The number of hydrogen-bond donors (Lipinski definition) is 0. The minimum atomic E-state index is 0.820. The molecule has 1 aliphatic carbocycles. The molecule has 1 nitrogen and oxygen atoms in total. The highest BCUT2D eigenvalue weighted by Gasteiger charge is 2.11. The molecule has 0 saturated carbocycles. The Kier molecular flexibility index (Phi) is 2.87. The Labute approximate surface area is 85.4 Å². The Bertz CT molecular complexity index is 339. The van der Waals surface area contributed by atoms with E-state index in [1.165, 1.54) is 11.1 Å². The van der Waals surface area contributed by atoms with Crippen LogP contribution in [0.2, 0.25) is 0 Å². The van der Waals surface area contributed by atoms with Crippen LogP contribution in [0.3, 0.4) is 0 Å². The Morgan fingerprint density at radius 3 is 3.00 bits per heavy atom. The van der Waals surface area contributed by atoms with Gasteiger partial charge >= 0.3 is 0 Å². The number of hydrogen-bond acceptors (Lipinski definition) is 1. The van der Waals surface area contributed by atoms with E-state index in [1.807, 2.05) is 0 Å². The third-order valence-corrected chi connectivity index (χ3v) is 2.49. The van der Waals surface area contributed by atoms with Crippen molar-refractivity contribution in [1.29, 1.82) is 0 Å². The third kappa shape index (κ3) is 1.82. The summed E-state index contributed by atoms with van der Waals surface area (Å²) < 4.78 is 5.72. The van der Waals surface area contributed by atoms with E-state index in [0.29, 0.717) is 0 Å². The highest BCUT2D eigenvalue weighted by atomic mass is 16.5. The normalized spacial score (nSPS) is 14.5. The van der Waals surface area contributed by atoms with Gasteiger partial charge in [-0.05, 0) is 30.9 Å². The van der Waals surface area contributed by atoms with Crippen LogP contribution in [-0.2, 0) is 11.2 Å². The van der Waals surface area contributed by atoms with Gasteiger partial charge in [-0.3, -0.25) is 0 Å². The van der Waals surface area contributed by atoms with E-state index in [0.717, 1.165) is 31.6 Å². The van der Waals surface area contributed by atoms with Crippen LogP contribution in [0, 0.1) is 0 Å². The molecule has 0 aromatic heterocycles. The number of rotatable bonds is 3. The second-order valence-corrected chi connectivity index (χ2v) is 3.61. The zero-order valence-electron chi connectivity index (χ0n) is 8.62. The van der Waals surface area contributed by atoms with Crippen LogP contribution in [0.4, 0.5) is 0 Å². The number of allylic oxidation sites excluding steroid dienone is 1. The zero-order chi connectivity index (χ0) is 9.80. The summed E-state index contributed by atoms with van der Waals surface area (Å²) in [7, 11) is 0. The summed E-state index contributed by atoms with van der Waals surface area (Å²) in [5.74, 6) is 1.08. The summed E-state index contributed by atoms with van der Waals surface area (Å²) in [6.07, 6.45) is 5.53. The molecule has 0 amide bonds. The highest BCUT2D eigenvalue weighted by Crippen LogP contribution is 2.26. The predicted octanol–water partition coefficient (Wildman–Crippen LogP) is 3.40. The van der Waals surface area contributed by atoms with Crippen molar-refractivity contribution in [3.05, 3.63) is 41.5 Å². The number of aryl methyl sites for hydroxylation is 1. The molecule has 0 aliphatic heterocycles. The molecule has 1 aliphatic rings. The monoisotopic (exact) mass is 188 g/mol. The van der Waals surface area contributed by atoms with E-state index in [2.05, 4.69) is 37.3 Å². The maximum Gasteiger partial charge on any atom is 0.122 e. The van der Waals surface area contributed by atoms with Gasteiger partial charge in [-0.15, -0.1) is 0 Å². The summed E-state index contributed by atoms with van der Waals surface area (Å²) in [4.78, 5) is 0. The average Bonchev–Trinajstić information content (AvgIpc) is 2.26. The van der Waals surface area contributed by atoms with Gasteiger partial charge in [0, 0.05) is 5.56 Å². The van der Waals surface area contributed by atoms with E-state index >= 15 is 0 Å². The summed E-state index contributed by atoms with van der Waals surface area (Å²) in [6, 6.07) is 8.52. The number of benzene rings is 1. The van der Waals surface area contributed by atoms with Gasteiger partial charge in [-0.2, -0.15) is 0 Å². The van der Waals surface area contributed by atoms with Crippen LogP contribution in [0.25, 0.3) is 5.76 Å². The molecule has 74 valence electrons. The van der Waals surface area contributed by atoms with Crippen molar-refractivity contribution in [2.45, 2.75) is 26.2 Å². The Balaban J connectivity index is 2.22. The lowest BCUT2D eigenvalue weighted by molar-refractivity contribution is 0.275. The van der Waals surface area contributed by atoms with Crippen molar-refractivity contribution in [3.8, 4) is 0 Å². The summed E-state index contributed by atoms with van der Waals surface area (Å²) in [5.41, 5.74) is 2.70. The predicted molar refractivity (Wildman–Crippen MR) is 59.0 cm³/mol. The van der Waals surface area contributed by atoms with E-state index in [-0.39, 0.29) is 0 Å². The minimum absolute atomic E-state index is 0.820. The van der Waals surface area contributed by atoms with Crippen LogP contribution < -0.4 is 0 Å². The average molecular weight is 188 g/mol. The van der Waals surface area contributed by atoms with Gasteiger partial charge in [0.25, 0.3) is 0 Å². The number of ether oxygens (including phenoxy) is 1. The van der Waals surface area contributed by atoms with E-state index in [9.17, 15) is 0 Å². The Morgan fingerprint density at radius 2 is 2.14 bits per heavy atom. The summed E-state index contributed by atoms with van der Waals surface area (Å²) in [6.45, 7) is 2.95. The van der Waals surface area contributed by atoms with Gasteiger partial charge in [0.15, 0.2) is 0 Å². The molecule has 0 spiro atoms. The number of fused-ring (bicyclic) bond motifs is 1. The highest BCUT2D eigenvalue weighted by molar-refractivity contribution is 5.64. The lowest BCUT2D eigenvalue weighted by Crippen LogP contribution is -2.02. The SMILES string of the molecule is CCCOC1=CCCc2ccccc21. The Hall–Kier alpha value is -1.24. The van der Waals surface area contributed by atoms with Crippen molar-refractivity contribution in [2.75, 3.05) is 6.61 Å². The molecule has 2 rings (SSSR count). The fourth-order valence-corrected chi connectivity index (χ4v) is 1.80. The standard InChI is InChI=1S/C13H16O/c1-2-10-14-13-9-5-7-11-6-3-4-8-12(11)13/h3-4,6,8-9H,2,5,7,10H2,1H3. The van der Waals surface area contributed by atoms with Crippen LogP contribution in [-0.4, -0.2) is 6.61 Å². The summed E-state index contributed by atoms with van der Waals surface area (Å²) >= 11 is 0. The van der Waals surface area contributed by atoms with Crippen molar-refractivity contribution in [1.82, 2.24) is 0 Å². The van der Waals surface area contributed by atoms with Crippen LogP contribution in [0.15, 0.2) is 30.3 Å². The molecular weight excluding hydrogens is 172 g/mol. The molecule has 1 aromatic carbocycles. The van der Waals surface area contributed by atoms with Gasteiger partial charge in [0.05, 0.1) is 6.61 Å². The molecule has 0 atom stereocenters. The van der Waals surface area contributed by atoms with E-state index < -0.39 is 0 Å². The van der Waals surface area contributed by atoms with Crippen LogP contribution >= 0.6 is 0 Å². The second-order valence-electron chi connectivity index (χ2n) is 3.61. The quantitative estimate of drug-likeness (QED) is 0.706. The Morgan fingerprint density at radius 1 is 1.29 bits per heavy atom. The molecule has 0 saturated heterocycles. The first kappa shape index (κ1) is 9.32. The fraction of sp³-hybridized carbons (Fsp3) is 0.385. The molecular formula is C13H16O. The second kappa shape index (κ2) is 4.32. The zero-order valence-corrected chi connectivity index (χ0v) is 8.62. The molecule has 0 bridgehead atoms. The van der Waals surface area contributed by atoms with Crippen LogP contribution in [0.5, 0.6) is 0 Å². The van der Waals surface area contributed by atoms with Gasteiger partial charge in [0.2, 0.25) is 0 Å². The molecule has 1 aromatic rings. The molecule has 1 heteroatoms. The first-order valence-corrected chi connectivity index (χ1v) is 5.33. The first-order chi connectivity index (χ1) is 6.92. The van der Waals surface area contributed by atoms with Crippen molar-refractivity contribution in [3.63, 3.8) is 0 Å². The van der Waals surface area contributed by atoms with Crippen molar-refractivity contribution in [2.24, 2.45) is 0 Å². The maximum absolute atomic E-state index is 5.72. The molecule has 0 heterocycles.